The molecule has 188 valence electrons. The van der Waals surface area contributed by atoms with Gasteiger partial charge in [-0.25, -0.2) is 4.39 Å². The van der Waals surface area contributed by atoms with E-state index in [0.29, 0.717) is 51.0 Å². The highest BCUT2D eigenvalue weighted by molar-refractivity contribution is 6.39. The van der Waals surface area contributed by atoms with Crippen molar-refractivity contribution in [3.8, 4) is 0 Å². The molecular formula is C27H29FN4O4. The van der Waals surface area contributed by atoms with Gasteiger partial charge < -0.3 is 20.4 Å². The highest BCUT2D eigenvalue weighted by Gasteiger charge is 2.30. The van der Waals surface area contributed by atoms with Crippen LogP contribution in [0.1, 0.15) is 47.2 Å². The van der Waals surface area contributed by atoms with Gasteiger partial charge in [0, 0.05) is 38.3 Å². The van der Waals surface area contributed by atoms with E-state index in [-0.39, 0.29) is 23.3 Å². The summed E-state index contributed by atoms with van der Waals surface area (Å²) < 4.78 is 13.9. The largest absolute Gasteiger partial charge is 0.348 e. The Bertz CT molecular complexity index is 1200. The monoisotopic (exact) mass is 492 g/mol. The molecule has 2 aromatic carbocycles. The van der Waals surface area contributed by atoms with Gasteiger partial charge >= 0.3 is 11.8 Å². The van der Waals surface area contributed by atoms with E-state index in [4.69, 9.17) is 0 Å². The third-order valence-electron chi connectivity index (χ3n) is 7.30. The van der Waals surface area contributed by atoms with Crippen molar-refractivity contribution in [2.75, 3.05) is 36.4 Å². The molecule has 3 aliphatic rings. The molecule has 0 aliphatic carbocycles. The molecule has 8 nitrogen and oxygen atoms in total. The van der Waals surface area contributed by atoms with Crippen molar-refractivity contribution in [1.29, 1.82) is 0 Å². The van der Waals surface area contributed by atoms with Crippen molar-refractivity contribution in [2.45, 2.75) is 38.5 Å². The molecule has 5 rings (SSSR count). The molecule has 4 amide bonds. The van der Waals surface area contributed by atoms with Crippen LogP contribution in [0.15, 0.2) is 36.4 Å². The molecule has 3 aliphatic heterocycles. The number of aryl methyl sites for hydroxylation is 2. The van der Waals surface area contributed by atoms with Gasteiger partial charge in [0.05, 0.1) is 11.3 Å². The van der Waals surface area contributed by atoms with Gasteiger partial charge in [-0.05, 0) is 73.4 Å². The number of carbonyl (C=O) groups is 4. The Morgan fingerprint density at radius 2 is 1.67 bits per heavy atom. The fourth-order valence-corrected chi connectivity index (χ4v) is 5.38. The van der Waals surface area contributed by atoms with E-state index in [1.54, 1.807) is 17.0 Å². The smallest absolute Gasteiger partial charge is 0.313 e. The number of amides is 4. The van der Waals surface area contributed by atoms with Crippen LogP contribution in [-0.4, -0.2) is 54.7 Å². The second kappa shape index (κ2) is 10.1. The fourth-order valence-electron chi connectivity index (χ4n) is 5.38. The zero-order chi connectivity index (χ0) is 25.2. The lowest BCUT2D eigenvalue weighted by atomic mass is 9.91. The van der Waals surface area contributed by atoms with E-state index in [0.717, 1.165) is 36.2 Å². The van der Waals surface area contributed by atoms with E-state index in [1.807, 2.05) is 17.0 Å². The summed E-state index contributed by atoms with van der Waals surface area (Å²) in [6.45, 7) is 2.00. The average molecular weight is 493 g/mol. The summed E-state index contributed by atoms with van der Waals surface area (Å²) in [6, 6.07) is 9.66. The van der Waals surface area contributed by atoms with E-state index in [1.165, 1.54) is 12.1 Å². The number of halogens is 1. The van der Waals surface area contributed by atoms with Gasteiger partial charge in [-0.15, -0.1) is 0 Å². The fraction of sp³-hybridized carbons (Fsp3) is 0.407. The molecule has 0 bridgehead atoms. The van der Waals surface area contributed by atoms with E-state index >= 15 is 0 Å². The van der Waals surface area contributed by atoms with Crippen LogP contribution in [0.3, 0.4) is 0 Å². The summed E-state index contributed by atoms with van der Waals surface area (Å²) in [5.74, 6) is -2.02. The Morgan fingerprint density at radius 3 is 2.42 bits per heavy atom. The molecule has 0 saturated carbocycles. The zero-order valence-electron chi connectivity index (χ0n) is 20.0. The van der Waals surface area contributed by atoms with Gasteiger partial charge in [-0.1, -0.05) is 12.1 Å². The summed E-state index contributed by atoms with van der Waals surface area (Å²) >= 11 is 0. The quantitative estimate of drug-likeness (QED) is 0.641. The van der Waals surface area contributed by atoms with Gasteiger partial charge in [0.25, 0.3) is 5.91 Å². The second-order valence-corrected chi connectivity index (χ2v) is 9.67. The van der Waals surface area contributed by atoms with Gasteiger partial charge in [-0.3, -0.25) is 19.2 Å². The van der Waals surface area contributed by atoms with Gasteiger partial charge in [0.1, 0.15) is 5.82 Å². The first-order chi connectivity index (χ1) is 17.4. The highest BCUT2D eigenvalue weighted by Crippen LogP contribution is 2.37. The Balaban J connectivity index is 1.12. The van der Waals surface area contributed by atoms with Gasteiger partial charge in [0.2, 0.25) is 5.91 Å². The Hall–Kier alpha value is -3.75. The van der Waals surface area contributed by atoms with Gasteiger partial charge in [0.15, 0.2) is 0 Å². The number of rotatable bonds is 4. The number of likely N-dealkylation sites (tertiary alicyclic amines) is 1. The van der Waals surface area contributed by atoms with Crippen LogP contribution in [0.2, 0.25) is 0 Å². The molecule has 2 N–H and O–H groups in total. The highest BCUT2D eigenvalue weighted by atomic mass is 19.1. The number of nitrogens with one attached hydrogen (secondary N) is 2. The lowest BCUT2D eigenvalue weighted by Crippen LogP contribution is -2.43. The van der Waals surface area contributed by atoms with Crippen molar-refractivity contribution in [2.24, 2.45) is 5.92 Å². The molecule has 1 fully saturated rings. The number of nitrogens with zero attached hydrogens (tertiary/aromatic N) is 2. The van der Waals surface area contributed by atoms with Crippen LogP contribution >= 0.6 is 0 Å². The molecule has 0 aromatic heterocycles. The van der Waals surface area contributed by atoms with Crippen molar-refractivity contribution >= 4 is 35.0 Å². The maximum absolute atomic E-state index is 13.9. The summed E-state index contributed by atoms with van der Waals surface area (Å²) in [4.78, 5) is 53.3. The summed E-state index contributed by atoms with van der Waals surface area (Å²) in [5, 5.41) is 5.41. The molecule has 0 radical (unpaired) electrons. The zero-order valence-corrected chi connectivity index (χ0v) is 20.0. The Kier molecular flexibility index (Phi) is 6.71. The topological polar surface area (TPSA) is 98.8 Å². The molecule has 2 aromatic rings. The summed E-state index contributed by atoms with van der Waals surface area (Å²) in [7, 11) is 0. The van der Waals surface area contributed by atoms with Crippen molar-refractivity contribution < 1.29 is 23.6 Å². The average Bonchev–Trinajstić information content (AvgIpc) is 2.89. The molecule has 0 unspecified atom stereocenters. The van der Waals surface area contributed by atoms with Crippen LogP contribution in [0.25, 0.3) is 0 Å². The lowest BCUT2D eigenvalue weighted by molar-refractivity contribution is -0.136. The first-order valence-corrected chi connectivity index (χ1v) is 12.5. The molecular weight excluding hydrogens is 463 g/mol. The molecule has 3 heterocycles. The lowest BCUT2D eigenvalue weighted by Gasteiger charge is -2.35. The minimum absolute atomic E-state index is 0.0663. The van der Waals surface area contributed by atoms with Crippen LogP contribution in [0.5, 0.6) is 0 Å². The molecule has 9 heteroatoms. The number of hydrogen-bond donors (Lipinski definition) is 2. The number of piperidine rings is 1. The Morgan fingerprint density at radius 1 is 0.944 bits per heavy atom. The predicted octanol–water partition coefficient (Wildman–Crippen LogP) is 2.66. The third kappa shape index (κ3) is 4.82. The minimum Gasteiger partial charge on any atom is -0.348 e. The predicted molar refractivity (Wildman–Crippen MR) is 132 cm³/mol. The second-order valence-electron chi connectivity index (χ2n) is 9.67. The molecule has 0 spiro atoms. The van der Waals surface area contributed by atoms with Crippen LogP contribution in [-0.2, 0) is 27.2 Å². The number of carbonyl (C=O) groups excluding carboxylic acids is 4. The number of hydrogen-bond acceptors (Lipinski definition) is 4. The number of benzene rings is 2. The molecule has 36 heavy (non-hydrogen) atoms. The standard InChI is InChI=1S/C27H29FN4O4/c28-22-6-2-1-5-21(22)27(36)31-12-9-17(10-13-31)16-29-25(34)26(35)30-20-14-18-4-3-11-32-23(33)8-7-19(15-20)24(18)32/h1-2,5-6,14-15,17H,3-4,7-13,16H2,(H,29,34)(H,30,35). The Labute approximate surface area is 208 Å². The maximum atomic E-state index is 13.9. The molecule has 1 saturated heterocycles. The maximum Gasteiger partial charge on any atom is 0.313 e. The summed E-state index contributed by atoms with van der Waals surface area (Å²) in [6.07, 6.45) is 4.11. The first-order valence-electron chi connectivity index (χ1n) is 12.5. The van der Waals surface area contributed by atoms with Crippen molar-refractivity contribution in [3.63, 3.8) is 0 Å². The molecule has 0 atom stereocenters. The van der Waals surface area contributed by atoms with Gasteiger partial charge in [-0.2, -0.15) is 0 Å². The number of anilines is 2. The summed E-state index contributed by atoms with van der Waals surface area (Å²) in [5.41, 5.74) is 3.66. The first kappa shape index (κ1) is 24.0. The van der Waals surface area contributed by atoms with Crippen molar-refractivity contribution in [1.82, 2.24) is 10.2 Å². The van der Waals surface area contributed by atoms with Crippen LogP contribution in [0, 0.1) is 11.7 Å². The minimum atomic E-state index is -0.728. The van der Waals surface area contributed by atoms with Crippen LogP contribution in [0.4, 0.5) is 15.8 Å². The third-order valence-corrected chi connectivity index (χ3v) is 7.30. The van der Waals surface area contributed by atoms with E-state index in [2.05, 4.69) is 10.6 Å². The van der Waals surface area contributed by atoms with Crippen LogP contribution < -0.4 is 15.5 Å². The normalized spacial score (nSPS) is 17.4. The van der Waals surface area contributed by atoms with Crippen molar-refractivity contribution in [3.05, 3.63) is 58.9 Å². The SMILES string of the molecule is O=C(NCC1CCN(C(=O)c2ccccc2F)CC1)C(=O)Nc1cc2c3c(c1)CCC(=O)N3CCC2. The van der Waals surface area contributed by atoms with E-state index < -0.39 is 17.6 Å². The van der Waals surface area contributed by atoms with E-state index in [9.17, 15) is 23.6 Å².